The van der Waals surface area contributed by atoms with E-state index in [1.165, 1.54) is 56.2 Å². The van der Waals surface area contributed by atoms with Crippen molar-refractivity contribution in [1.29, 1.82) is 0 Å². The molecule has 24 heavy (non-hydrogen) atoms. The Balaban J connectivity index is 2.11. The Labute approximate surface area is 151 Å². The lowest BCUT2D eigenvalue weighted by atomic mass is 10.1. The van der Waals surface area contributed by atoms with Gasteiger partial charge in [0.05, 0.1) is 0 Å². The molecule has 0 saturated heterocycles. The maximum absolute atomic E-state index is 10.5. The summed E-state index contributed by atoms with van der Waals surface area (Å²) >= 11 is 1.73. The van der Waals surface area contributed by atoms with Crippen LogP contribution in [0.25, 0.3) is 0 Å². The minimum absolute atomic E-state index is 0.250. The summed E-state index contributed by atoms with van der Waals surface area (Å²) < 4.78 is 0. The first-order valence-electron chi connectivity index (χ1n) is 9.65. The number of aliphatic carboxylic acids is 1. The molecular formula is C20H34O3S. The first-order chi connectivity index (χ1) is 11.6. The van der Waals surface area contributed by atoms with Crippen LogP contribution in [0.3, 0.4) is 0 Å². The van der Waals surface area contributed by atoms with E-state index in [9.17, 15) is 9.90 Å². The van der Waals surface area contributed by atoms with Crippen LogP contribution in [0.2, 0.25) is 0 Å². The molecule has 138 valence electrons. The summed E-state index contributed by atoms with van der Waals surface area (Å²) in [5.74, 6) is -0.283. The second-order valence-corrected chi connectivity index (χ2v) is 7.92. The third-order valence-corrected chi connectivity index (χ3v) is 5.65. The molecule has 2 N–H and O–H groups in total. The highest BCUT2D eigenvalue weighted by molar-refractivity contribution is 7.12. The molecule has 0 aliphatic rings. The molecule has 0 radical (unpaired) electrons. The minimum Gasteiger partial charge on any atom is -0.507 e. The van der Waals surface area contributed by atoms with Crippen molar-refractivity contribution < 1.29 is 15.0 Å². The lowest BCUT2D eigenvalue weighted by molar-refractivity contribution is -0.137. The molecule has 3 nitrogen and oxygen atoms in total. The van der Waals surface area contributed by atoms with E-state index in [1.807, 2.05) is 6.07 Å². The molecule has 0 aliphatic carbocycles. The van der Waals surface area contributed by atoms with Crippen LogP contribution in [-0.2, 0) is 17.6 Å². The number of hydrogen-bond acceptors (Lipinski definition) is 3. The van der Waals surface area contributed by atoms with E-state index < -0.39 is 5.97 Å². The van der Waals surface area contributed by atoms with E-state index in [-0.39, 0.29) is 6.42 Å². The summed E-state index contributed by atoms with van der Waals surface area (Å²) in [5, 5.41) is 18.6. The van der Waals surface area contributed by atoms with Gasteiger partial charge in [0.2, 0.25) is 0 Å². The van der Waals surface area contributed by atoms with Gasteiger partial charge in [-0.25, -0.2) is 0 Å². The average molecular weight is 355 g/mol. The van der Waals surface area contributed by atoms with E-state index in [0.717, 1.165) is 37.0 Å². The fourth-order valence-corrected chi connectivity index (χ4v) is 4.09. The third-order valence-electron chi connectivity index (χ3n) is 4.41. The van der Waals surface area contributed by atoms with Gasteiger partial charge in [-0.15, -0.1) is 11.3 Å². The van der Waals surface area contributed by atoms with Crippen LogP contribution in [0.5, 0.6) is 5.75 Å². The van der Waals surface area contributed by atoms with Gasteiger partial charge in [0, 0.05) is 16.2 Å². The van der Waals surface area contributed by atoms with Gasteiger partial charge in [-0.1, -0.05) is 58.3 Å². The number of carboxylic acids is 1. The minimum atomic E-state index is -0.721. The second kappa shape index (κ2) is 13.3. The highest BCUT2D eigenvalue weighted by Gasteiger charge is 2.08. The Morgan fingerprint density at radius 3 is 2.17 bits per heavy atom. The molecule has 0 bridgehead atoms. The zero-order valence-corrected chi connectivity index (χ0v) is 16.0. The van der Waals surface area contributed by atoms with E-state index >= 15 is 0 Å². The highest BCUT2D eigenvalue weighted by atomic mass is 32.1. The first-order valence-corrected chi connectivity index (χ1v) is 10.5. The molecule has 0 saturated carbocycles. The molecule has 0 fully saturated rings. The molecule has 0 amide bonds. The van der Waals surface area contributed by atoms with Gasteiger partial charge >= 0.3 is 5.97 Å². The normalized spacial score (nSPS) is 11.0. The number of hydrogen-bond donors (Lipinski definition) is 2. The lowest BCUT2D eigenvalue weighted by Crippen LogP contribution is -1.93. The van der Waals surface area contributed by atoms with Crippen LogP contribution < -0.4 is 0 Å². The SMILES string of the molecule is CCCCCCCCCCc1cc(O)c(CCCCCC(=O)O)s1. The zero-order chi connectivity index (χ0) is 17.6. The van der Waals surface area contributed by atoms with E-state index in [2.05, 4.69) is 6.92 Å². The van der Waals surface area contributed by atoms with Crippen LogP contribution in [0.4, 0.5) is 0 Å². The molecule has 0 unspecified atom stereocenters. The summed E-state index contributed by atoms with van der Waals surface area (Å²) in [5.41, 5.74) is 0. The molecule has 4 heteroatoms. The van der Waals surface area contributed by atoms with Gasteiger partial charge in [0.1, 0.15) is 5.75 Å². The predicted octanol–water partition coefficient (Wildman–Crippen LogP) is 6.32. The molecular weight excluding hydrogens is 320 g/mol. The van der Waals surface area contributed by atoms with Crippen molar-refractivity contribution in [3.63, 3.8) is 0 Å². The van der Waals surface area contributed by atoms with Crippen molar-refractivity contribution in [2.75, 3.05) is 0 Å². The van der Waals surface area contributed by atoms with Gasteiger partial charge in [0.25, 0.3) is 0 Å². The Morgan fingerprint density at radius 2 is 1.50 bits per heavy atom. The number of aryl methyl sites for hydroxylation is 2. The van der Waals surface area contributed by atoms with Gasteiger partial charge in [-0.2, -0.15) is 0 Å². The third kappa shape index (κ3) is 9.96. The lowest BCUT2D eigenvalue weighted by Gasteiger charge is -2.01. The standard InChI is InChI=1S/C20H34O3S/c1-2-3-4-5-6-7-8-10-13-17-16-18(21)19(24-17)14-11-9-12-15-20(22)23/h16,21H,2-15H2,1H3,(H,22,23). The maximum atomic E-state index is 10.5. The van der Waals surface area contributed by atoms with Crippen molar-refractivity contribution >= 4 is 17.3 Å². The van der Waals surface area contributed by atoms with Crippen molar-refractivity contribution in [2.45, 2.75) is 96.8 Å². The molecule has 1 aromatic heterocycles. The van der Waals surface area contributed by atoms with Crippen LogP contribution in [0.15, 0.2) is 6.07 Å². The zero-order valence-electron chi connectivity index (χ0n) is 15.2. The Hall–Kier alpha value is -1.03. The van der Waals surface area contributed by atoms with Crippen molar-refractivity contribution in [3.05, 3.63) is 15.8 Å². The van der Waals surface area contributed by atoms with Gasteiger partial charge < -0.3 is 10.2 Å². The molecule has 0 aromatic carbocycles. The second-order valence-electron chi connectivity index (χ2n) is 6.70. The first kappa shape index (κ1) is 21.0. The molecule has 0 spiro atoms. The molecule has 0 atom stereocenters. The van der Waals surface area contributed by atoms with Gasteiger partial charge in [0.15, 0.2) is 0 Å². The summed E-state index contributed by atoms with van der Waals surface area (Å²) in [4.78, 5) is 12.8. The topological polar surface area (TPSA) is 57.5 Å². The van der Waals surface area contributed by atoms with Crippen LogP contribution in [0.1, 0.15) is 93.7 Å². The summed E-state index contributed by atoms with van der Waals surface area (Å²) in [6.07, 6.45) is 15.4. The molecule has 0 aliphatic heterocycles. The highest BCUT2D eigenvalue weighted by Crippen LogP contribution is 2.31. The van der Waals surface area contributed by atoms with Crippen molar-refractivity contribution in [2.24, 2.45) is 0 Å². The average Bonchev–Trinajstić information content (AvgIpc) is 2.89. The van der Waals surface area contributed by atoms with Crippen molar-refractivity contribution in [1.82, 2.24) is 0 Å². The van der Waals surface area contributed by atoms with Crippen molar-refractivity contribution in [3.8, 4) is 5.75 Å². The van der Waals surface area contributed by atoms with Gasteiger partial charge in [-0.3, -0.25) is 4.79 Å². The van der Waals surface area contributed by atoms with Gasteiger partial charge in [-0.05, 0) is 38.2 Å². The largest absolute Gasteiger partial charge is 0.507 e. The number of carbonyl (C=O) groups is 1. The smallest absolute Gasteiger partial charge is 0.303 e. The van der Waals surface area contributed by atoms with E-state index in [4.69, 9.17) is 5.11 Å². The molecule has 1 rings (SSSR count). The molecule has 1 aromatic rings. The van der Waals surface area contributed by atoms with E-state index in [0.29, 0.717) is 5.75 Å². The summed E-state index contributed by atoms with van der Waals surface area (Å²) in [6.45, 7) is 2.25. The predicted molar refractivity (Wildman–Crippen MR) is 102 cm³/mol. The summed E-state index contributed by atoms with van der Waals surface area (Å²) in [6, 6.07) is 1.93. The Kier molecular flexibility index (Phi) is 11.6. The Morgan fingerprint density at radius 1 is 0.917 bits per heavy atom. The molecule has 1 heterocycles. The fraction of sp³-hybridized carbons (Fsp3) is 0.750. The fourth-order valence-electron chi connectivity index (χ4n) is 2.95. The Bertz CT molecular complexity index is 454. The van der Waals surface area contributed by atoms with Crippen LogP contribution in [-0.4, -0.2) is 16.2 Å². The number of thiophene rings is 1. The maximum Gasteiger partial charge on any atom is 0.303 e. The van der Waals surface area contributed by atoms with E-state index in [1.54, 1.807) is 11.3 Å². The van der Waals surface area contributed by atoms with Crippen LogP contribution >= 0.6 is 11.3 Å². The monoisotopic (exact) mass is 354 g/mol. The number of unbranched alkanes of at least 4 members (excludes halogenated alkanes) is 9. The number of aromatic hydroxyl groups is 1. The van der Waals surface area contributed by atoms with Crippen LogP contribution in [0, 0.1) is 0 Å². The number of rotatable bonds is 15. The quantitative estimate of drug-likeness (QED) is 0.362. The summed E-state index contributed by atoms with van der Waals surface area (Å²) in [7, 11) is 0. The number of carboxylic acid groups (broad SMARTS) is 1.